The summed E-state index contributed by atoms with van der Waals surface area (Å²) in [6, 6.07) is 0. The lowest BCUT2D eigenvalue weighted by Crippen LogP contribution is -2.59. The molecule has 0 aromatic carbocycles. The molecule has 27 heavy (non-hydrogen) atoms. The Morgan fingerprint density at radius 2 is 1.70 bits per heavy atom. The molecule has 0 aromatic heterocycles. The van der Waals surface area contributed by atoms with Gasteiger partial charge in [0.2, 0.25) is 5.91 Å². The number of amides is 1. The minimum absolute atomic E-state index is 0.0550. The van der Waals surface area contributed by atoms with Crippen molar-refractivity contribution in [1.82, 2.24) is 14.7 Å². The quantitative estimate of drug-likeness (QED) is 0.726. The normalized spacial score (nSPS) is 29.0. The van der Waals surface area contributed by atoms with Crippen molar-refractivity contribution in [2.75, 3.05) is 52.4 Å². The molecule has 1 amide bonds. The summed E-state index contributed by atoms with van der Waals surface area (Å²) >= 11 is 0. The maximum atomic E-state index is 15.0. The topological polar surface area (TPSA) is 26.8 Å². The molecule has 0 bridgehead atoms. The highest BCUT2D eigenvalue weighted by Crippen LogP contribution is 2.50. The lowest BCUT2D eigenvalue weighted by Gasteiger charge is -2.51. The number of hydrogen-bond donors (Lipinski definition) is 0. The number of carbonyl (C=O) groups is 1. The molecule has 3 rings (SSSR count). The summed E-state index contributed by atoms with van der Waals surface area (Å²) in [5.74, 6) is -1.78. The Kier molecular flexibility index (Phi) is 6.46. The second kappa shape index (κ2) is 8.32. The van der Waals surface area contributed by atoms with Crippen LogP contribution in [-0.2, 0) is 4.79 Å². The highest BCUT2D eigenvalue weighted by atomic mass is 19.3. The molecule has 0 unspecified atom stereocenters. The second-order valence-electron chi connectivity index (χ2n) is 9.41. The van der Waals surface area contributed by atoms with Crippen LogP contribution in [0.5, 0.6) is 0 Å². The van der Waals surface area contributed by atoms with Gasteiger partial charge >= 0.3 is 0 Å². The van der Waals surface area contributed by atoms with Gasteiger partial charge in [0.25, 0.3) is 5.92 Å². The maximum absolute atomic E-state index is 15.0. The van der Waals surface area contributed by atoms with E-state index in [9.17, 15) is 13.6 Å². The van der Waals surface area contributed by atoms with E-state index in [1.54, 1.807) is 0 Å². The van der Waals surface area contributed by atoms with Crippen LogP contribution in [0.3, 0.4) is 0 Å². The third-order valence-electron chi connectivity index (χ3n) is 7.07. The highest BCUT2D eigenvalue weighted by molar-refractivity contribution is 5.78. The zero-order chi connectivity index (χ0) is 19.7. The lowest BCUT2D eigenvalue weighted by atomic mass is 9.68. The number of nitrogens with zero attached hydrogens (tertiary/aromatic N) is 3. The molecule has 3 fully saturated rings. The van der Waals surface area contributed by atoms with E-state index < -0.39 is 11.3 Å². The average Bonchev–Trinajstić information content (AvgIpc) is 3.07. The van der Waals surface area contributed by atoms with Crippen molar-refractivity contribution in [3.05, 3.63) is 0 Å². The smallest absolute Gasteiger partial charge is 0.266 e. The van der Waals surface area contributed by atoms with Crippen LogP contribution >= 0.6 is 0 Å². The van der Waals surface area contributed by atoms with Crippen LogP contribution in [0.4, 0.5) is 8.78 Å². The summed E-state index contributed by atoms with van der Waals surface area (Å²) in [7, 11) is 0. The predicted octanol–water partition coefficient (Wildman–Crippen LogP) is 3.32. The fraction of sp³-hybridized carbons (Fsp3) is 0.952. The number of halogens is 2. The van der Waals surface area contributed by atoms with Crippen molar-refractivity contribution in [3.8, 4) is 0 Å². The molecule has 4 nitrogen and oxygen atoms in total. The van der Waals surface area contributed by atoms with Crippen LogP contribution in [0, 0.1) is 17.3 Å². The molecule has 3 heterocycles. The largest absolute Gasteiger partial charge is 0.342 e. The van der Waals surface area contributed by atoms with Gasteiger partial charge in [0.15, 0.2) is 0 Å². The third-order valence-corrected chi connectivity index (χ3v) is 7.07. The third kappa shape index (κ3) is 4.47. The van der Waals surface area contributed by atoms with Crippen molar-refractivity contribution >= 4 is 5.91 Å². The first-order valence-electron chi connectivity index (χ1n) is 10.9. The van der Waals surface area contributed by atoms with Gasteiger partial charge in [-0.2, -0.15) is 0 Å². The Balaban J connectivity index is 1.49. The van der Waals surface area contributed by atoms with Gasteiger partial charge in [-0.25, -0.2) is 8.78 Å². The van der Waals surface area contributed by atoms with E-state index in [0.29, 0.717) is 25.2 Å². The van der Waals surface area contributed by atoms with Crippen molar-refractivity contribution in [1.29, 1.82) is 0 Å². The molecule has 1 atom stereocenters. The lowest BCUT2D eigenvalue weighted by molar-refractivity contribution is -0.187. The van der Waals surface area contributed by atoms with Gasteiger partial charge in [-0.1, -0.05) is 20.8 Å². The minimum atomic E-state index is -2.57. The SMILES string of the molecule is CCCN1CCC2(CCN(C[C@H]3CCN(C(=O)C(C)C)C3)CC2)C(F)(F)C1. The van der Waals surface area contributed by atoms with Crippen molar-refractivity contribution in [2.45, 2.75) is 58.8 Å². The molecule has 0 N–H and O–H groups in total. The number of hydrogen-bond acceptors (Lipinski definition) is 3. The van der Waals surface area contributed by atoms with Gasteiger partial charge in [0.05, 0.1) is 6.54 Å². The summed E-state index contributed by atoms with van der Waals surface area (Å²) in [5, 5.41) is 0. The molecule has 0 aliphatic carbocycles. The molecule has 0 saturated carbocycles. The predicted molar refractivity (Wildman–Crippen MR) is 104 cm³/mol. The van der Waals surface area contributed by atoms with Gasteiger partial charge in [0, 0.05) is 31.0 Å². The summed E-state index contributed by atoms with van der Waals surface area (Å²) in [6.07, 6.45) is 3.84. The van der Waals surface area contributed by atoms with E-state index in [2.05, 4.69) is 11.8 Å². The molecule has 156 valence electrons. The Morgan fingerprint density at radius 3 is 2.30 bits per heavy atom. The fourth-order valence-electron chi connectivity index (χ4n) is 5.28. The number of rotatable bonds is 5. The van der Waals surface area contributed by atoms with Gasteiger partial charge in [-0.15, -0.1) is 0 Å². The minimum Gasteiger partial charge on any atom is -0.342 e. The van der Waals surface area contributed by atoms with Gasteiger partial charge in [-0.05, 0) is 64.2 Å². The van der Waals surface area contributed by atoms with Gasteiger partial charge in [-0.3, -0.25) is 9.69 Å². The molecule has 0 radical (unpaired) electrons. The van der Waals surface area contributed by atoms with E-state index in [0.717, 1.165) is 58.7 Å². The molecule has 3 saturated heterocycles. The molecular weight excluding hydrogens is 348 g/mol. The summed E-state index contributed by atoms with van der Waals surface area (Å²) < 4.78 is 29.9. The first kappa shape index (κ1) is 21.0. The molecular formula is C21H37F2N3O. The van der Waals surface area contributed by atoms with E-state index >= 15 is 0 Å². The summed E-state index contributed by atoms with van der Waals surface area (Å²) in [5.41, 5.74) is -0.789. The zero-order valence-electron chi connectivity index (χ0n) is 17.4. The standard InChI is InChI=1S/C21H37F2N3O/c1-4-9-25-13-8-20(21(22,23)16-25)6-11-24(12-7-20)14-18-5-10-26(15-18)19(27)17(2)3/h17-18H,4-16H2,1-3H3/t18-/m1/s1. The van der Waals surface area contributed by atoms with E-state index in [1.807, 2.05) is 23.6 Å². The van der Waals surface area contributed by atoms with Crippen molar-refractivity contribution < 1.29 is 13.6 Å². The number of alkyl halides is 2. The van der Waals surface area contributed by atoms with Crippen LogP contribution < -0.4 is 0 Å². The van der Waals surface area contributed by atoms with Gasteiger partial charge in [0.1, 0.15) is 0 Å². The molecule has 1 spiro atoms. The number of carbonyl (C=O) groups excluding carboxylic acids is 1. The average molecular weight is 386 g/mol. The monoisotopic (exact) mass is 385 g/mol. The first-order valence-corrected chi connectivity index (χ1v) is 10.9. The van der Waals surface area contributed by atoms with Crippen LogP contribution in [0.15, 0.2) is 0 Å². The Bertz CT molecular complexity index is 518. The van der Waals surface area contributed by atoms with Gasteiger partial charge < -0.3 is 9.80 Å². The fourth-order valence-corrected chi connectivity index (χ4v) is 5.28. The Labute approximate surface area is 163 Å². The summed E-state index contributed by atoms with van der Waals surface area (Å²) in [4.78, 5) is 18.4. The number of likely N-dealkylation sites (tertiary alicyclic amines) is 3. The number of piperidine rings is 2. The second-order valence-corrected chi connectivity index (χ2v) is 9.41. The first-order chi connectivity index (χ1) is 12.8. The molecule has 3 aliphatic rings. The van der Waals surface area contributed by atoms with Crippen LogP contribution in [-0.4, -0.2) is 78.9 Å². The van der Waals surface area contributed by atoms with E-state index in [4.69, 9.17) is 0 Å². The highest BCUT2D eigenvalue weighted by Gasteiger charge is 2.57. The Morgan fingerprint density at radius 1 is 1.07 bits per heavy atom. The van der Waals surface area contributed by atoms with Crippen molar-refractivity contribution in [2.24, 2.45) is 17.3 Å². The van der Waals surface area contributed by atoms with Crippen molar-refractivity contribution in [3.63, 3.8) is 0 Å². The van der Waals surface area contributed by atoms with E-state index in [-0.39, 0.29) is 18.4 Å². The molecule has 0 aromatic rings. The molecule has 6 heteroatoms. The van der Waals surface area contributed by atoms with Crippen LogP contribution in [0.25, 0.3) is 0 Å². The van der Waals surface area contributed by atoms with E-state index in [1.165, 1.54) is 0 Å². The van der Waals surface area contributed by atoms with Crippen LogP contribution in [0.1, 0.15) is 52.9 Å². The van der Waals surface area contributed by atoms with Crippen LogP contribution in [0.2, 0.25) is 0 Å². The molecule has 3 aliphatic heterocycles. The Hall–Kier alpha value is -0.750. The zero-order valence-corrected chi connectivity index (χ0v) is 17.4. The summed E-state index contributed by atoms with van der Waals surface area (Å²) in [6.45, 7) is 11.7. The maximum Gasteiger partial charge on any atom is 0.266 e.